The number of piperidine rings is 1. The zero-order valence-electron chi connectivity index (χ0n) is 10.3. The lowest BCUT2D eigenvalue weighted by Crippen LogP contribution is -2.42. The average molecular weight is 292 g/mol. The number of nitrogen functional groups attached to an aromatic ring is 1. The molecule has 2 bridgehead atoms. The number of nitrogens with zero attached hydrogens (tertiary/aromatic N) is 2. The molecule has 1 aromatic heterocycles. The molecule has 3 heterocycles. The minimum absolute atomic E-state index is 0.441. The molecule has 2 aromatic rings. The summed E-state index contributed by atoms with van der Waals surface area (Å²) in [6, 6.07) is 8.57. The van der Waals surface area contributed by atoms with Gasteiger partial charge in [0.2, 0.25) is 0 Å². The van der Waals surface area contributed by atoms with E-state index in [0.29, 0.717) is 17.1 Å². The summed E-state index contributed by atoms with van der Waals surface area (Å²) in [4.78, 5) is 8.37. The van der Waals surface area contributed by atoms with Gasteiger partial charge in [0.05, 0.1) is 16.6 Å². The molecule has 1 aromatic carbocycles. The van der Waals surface area contributed by atoms with Crippen molar-refractivity contribution in [3.8, 4) is 0 Å². The predicted molar refractivity (Wildman–Crippen MR) is 80.0 cm³/mol. The lowest BCUT2D eigenvalue weighted by atomic mass is 9.81. The molecule has 3 aliphatic rings. The van der Waals surface area contributed by atoms with Crippen LogP contribution in [0.3, 0.4) is 0 Å². The third kappa shape index (κ3) is 1.74. The summed E-state index contributed by atoms with van der Waals surface area (Å²) in [6.07, 6.45) is 2.42. The van der Waals surface area contributed by atoms with E-state index < -0.39 is 0 Å². The molecule has 1 aliphatic carbocycles. The van der Waals surface area contributed by atoms with Crippen LogP contribution in [0.25, 0.3) is 0 Å². The fourth-order valence-corrected chi connectivity index (χ4v) is 4.47. The van der Waals surface area contributed by atoms with Crippen LogP contribution in [0.5, 0.6) is 0 Å². The highest BCUT2D eigenvalue weighted by atomic mass is 35.5. The van der Waals surface area contributed by atoms with Gasteiger partial charge in [-0.15, -0.1) is 0 Å². The molecule has 0 saturated carbocycles. The predicted octanol–water partition coefficient (Wildman–Crippen LogP) is 3.82. The van der Waals surface area contributed by atoms with Crippen LogP contribution < -0.4 is 10.6 Å². The number of aromatic nitrogens is 1. The van der Waals surface area contributed by atoms with E-state index >= 15 is 0 Å². The highest BCUT2D eigenvalue weighted by Gasteiger charge is 2.41. The lowest BCUT2D eigenvalue weighted by Gasteiger charge is -2.45. The molecule has 2 unspecified atom stereocenters. The summed E-state index contributed by atoms with van der Waals surface area (Å²) >= 11 is 7.62. The third-order valence-corrected chi connectivity index (χ3v) is 5.38. The van der Waals surface area contributed by atoms with Crippen molar-refractivity contribution in [2.75, 3.05) is 17.2 Å². The molecule has 19 heavy (non-hydrogen) atoms. The molecule has 98 valence electrons. The molecule has 5 rings (SSSR count). The van der Waals surface area contributed by atoms with Crippen LogP contribution in [-0.2, 0) is 0 Å². The van der Waals surface area contributed by atoms with Crippen molar-refractivity contribution in [3.63, 3.8) is 0 Å². The number of hydrogen-bond donors (Lipinski definition) is 1. The molecule has 0 spiro atoms. The van der Waals surface area contributed by atoms with E-state index in [9.17, 15) is 0 Å². The van der Waals surface area contributed by atoms with Gasteiger partial charge in [0.1, 0.15) is 0 Å². The van der Waals surface area contributed by atoms with Gasteiger partial charge >= 0.3 is 0 Å². The number of fused-ring (bicyclic) bond motifs is 2. The zero-order chi connectivity index (χ0) is 13.0. The Bertz CT molecular complexity index is 622. The monoisotopic (exact) mass is 291 g/mol. The van der Waals surface area contributed by atoms with E-state index in [1.807, 2.05) is 12.1 Å². The molecule has 1 fully saturated rings. The Hall–Kier alpha value is -1.26. The fraction of sp³-hybridized carbons (Fsp3) is 0.357. The second-order valence-electron chi connectivity index (χ2n) is 5.22. The number of thiazole rings is 1. The van der Waals surface area contributed by atoms with Gasteiger partial charge < -0.3 is 10.6 Å². The van der Waals surface area contributed by atoms with Gasteiger partial charge in [0, 0.05) is 23.2 Å². The Morgan fingerprint density at radius 3 is 2.84 bits per heavy atom. The average Bonchev–Trinajstić information content (AvgIpc) is 2.83. The van der Waals surface area contributed by atoms with Gasteiger partial charge in [-0.2, -0.15) is 0 Å². The molecule has 2 atom stereocenters. The van der Waals surface area contributed by atoms with Crippen molar-refractivity contribution >= 4 is 33.8 Å². The second kappa shape index (κ2) is 4.12. The largest absolute Gasteiger partial charge is 0.375 e. The van der Waals surface area contributed by atoms with Crippen molar-refractivity contribution in [3.05, 3.63) is 39.9 Å². The van der Waals surface area contributed by atoms with Crippen molar-refractivity contribution in [2.45, 2.75) is 24.8 Å². The van der Waals surface area contributed by atoms with Crippen molar-refractivity contribution < 1.29 is 0 Å². The number of halogens is 1. The summed E-state index contributed by atoms with van der Waals surface area (Å²) in [5, 5.41) is 1.49. The Balaban J connectivity index is 1.76. The first-order chi connectivity index (χ1) is 9.22. The quantitative estimate of drug-likeness (QED) is 0.868. The molecule has 0 amide bonds. The maximum atomic E-state index is 5.97. The molecule has 0 radical (unpaired) electrons. The summed E-state index contributed by atoms with van der Waals surface area (Å²) in [7, 11) is 0. The SMILES string of the molecule is Nc1nc2c(s1)C1CCC2CN1c1ccc(Cl)cc1. The standard InChI is InChI=1S/C14H14ClN3S/c15-9-2-4-10(5-3-9)18-7-8-1-6-11(18)13-12(8)17-14(16)19-13/h2-5,8,11H,1,6-7H2,(H2,16,17). The van der Waals surface area contributed by atoms with Crippen LogP contribution in [0.4, 0.5) is 10.8 Å². The minimum atomic E-state index is 0.441. The number of benzene rings is 1. The molecule has 2 N–H and O–H groups in total. The summed E-state index contributed by atoms with van der Waals surface area (Å²) in [5.41, 5.74) is 8.39. The fourth-order valence-electron chi connectivity index (χ4n) is 3.28. The van der Waals surface area contributed by atoms with Gasteiger partial charge in [0.15, 0.2) is 5.13 Å². The van der Waals surface area contributed by atoms with Crippen LogP contribution in [0.2, 0.25) is 5.02 Å². The maximum Gasteiger partial charge on any atom is 0.180 e. The Kier molecular flexibility index (Phi) is 2.50. The van der Waals surface area contributed by atoms with E-state index in [0.717, 1.165) is 11.6 Å². The number of anilines is 2. The van der Waals surface area contributed by atoms with Crippen LogP contribution in [0.15, 0.2) is 24.3 Å². The Morgan fingerprint density at radius 1 is 1.26 bits per heavy atom. The van der Waals surface area contributed by atoms with E-state index in [2.05, 4.69) is 22.0 Å². The minimum Gasteiger partial charge on any atom is -0.375 e. The first-order valence-electron chi connectivity index (χ1n) is 6.50. The Labute approximate surface area is 121 Å². The summed E-state index contributed by atoms with van der Waals surface area (Å²) in [5.74, 6) is 0.532. The van der Waals surface area contributed by atoms with Crippen molar-refractivity contribution in [1.29, 1.82) is 0 Å². The van der Waals surface area contributed by atoms with Crippen molar-refractivity contribution in [2.24, 2.45) is 0 Å². The highest BCUT2D eigenvalue weighted by Crippen LogP contribution is 2.50. The second-order valence-corrected chi connectivity index (χ2v) is 6.72. The van der Waals surface area contributed by atoms with E-state index in [1.165, 1.54) is 29.1 Å². The molecular weight excluding hydrogens is 278 g/mol. The Morgan fingerprint density at radius 2 is 2.05 bits per heavy atom. The zero-order valence-corrected chi connectivity index (χ0v) is 11.9. The van der Waals surface area contributed by atoms with Gasteiger partial charge in [-0.05, 0) is 37.1 Å². The first-order valence-corrected chi connectivity index (χ1v) is 7.70. The van der Waals surface area contributed by atoms with E-state index in [-0.39, 0.29) is 0 Å². The van der Waals surface area contributed by atoms with Gasteiger partial charge in [-0.3, -0.25) is 0 Å². The van der Waals surface area contributed by atoms with Gasteiger partial charge in [0.25, 0.3) is 0 Å². The number of hydrogen-bond acceptors (Lipinski definition) is 4. The molecule has 3 nitrogen and oxygen atoms in total. The van der Waals surface area contributed by atoms with Crippen LogP contribution in [-0.4, -0.2) is 11.5 Å². The molecule has 5 heteroatoms. The van der Waals surface area contributed by atoms with E-state index in [4.69, 9.17) is 17.3 Å². The lowest BCUT2D eigenvalue weighted by molar-refractivity contribution is 0.389. The molecular formula is C14H14ClN3S. The van der Waals surface area contributed by atoms with Crippen LogP contribution in [0.1, 0.15) is 35.4 Å². The van der Waals surface area contributed by atoms with Gasteiger partial charge in [-0.25, -0.2) is 4.98 Å². The normalized spacial score (nSPS) is 24.6. The highest BCUT2D eigenvalue weighted by molar-refractivity contribution is 7.15. The first kappa shape index (κ1) is 11.6. The summed E-state index contributed by atoms with van der Waals surface area (Å²) in [6.45, 7) is 1.04. The number of rotatable bonds is 1. The molecule has 2 aliphatic heterocycles. The van der Waals surface area contributed by atoms with Crippen LogP contribution >= 0.6 is 22.9 Å². The maximum absolute atomic E-state index is 5.97. The van der Waals surface area contributed by atoms with Crippen molar-refractivity contribution in [1.82, 2.24) is 4.98 Å². The molecule has 1 saturated heterocycles. The van der Waals surface area contributed by atoms with Gasteiger partial charge in [-0.1, -0.05) is 22.9 Å². The third-order valence-electron chi connectivity index (χ3n) is 4.13. The topological polar surface area (TPSA) is 42.1 Å². The number of nitrogens with two attached hydrogens (primary N) is 1. The van der Waals surface area contributed by atoms with E-state index in [1.54, 1.807) is 11.3 Å². The summed E-state index contributed by atoms with van der Waals surface area (Å²) < 4.78 is 0. The smallest absolute Gasteiger partial charge is 0.180 e. The van der Waals surface area contributed by atoms with Crippen LogP contribution in [0, 0.1) is 0 Å².